The van der Waals surface area contributed by atoms with Gasteiger partial charge in [-0.25, -0.2) is 4.39 Å². The molecule has 1 aromatic carbocycles. The van der Waals surface area contributed by atoms with Crippen LogP contribution in [0.25, 0.3) is 6.08 Å². The van der Waals surface area contributed by atoms with Crippen molar-refractivity contribution in [1.82, 2.24) is 9.47 Å². The van der Waals surface area contributed by atoms with E-state index in [-0.39, 0.29) is 30.1 Å². The van der Waals surface area contributed by atoms with Gasteiger partial charge >= 0.3 is 0 Å². The first kappa shape index (κ1) is 21.1. The summed E-state index contributed by atoms with van der Waals surface area (Å²) in [6.45, 7) is 5.58. The molecule has 0 spiro atoms. The number of nitrogens with zero attached hydrogens (tertiary/aromatic N) is 2. The smallest absolute Gasteiger partial charge is 0.293 e. The molecule has 8 heteroatoms. The van der Waals surface area contributed by atoms with Crippen LogP contribution in [0.1, 0.15) is 17.0 Å². The summed E-state index contributed by atoms with van der Waals surface area (Å²) >= 11 is 0.926. The van der Waals surface area contributed by atoms with E-state index in [4.69, 9.17) is 9.47 Å². The second-order valence-corrected chi connectivity index (χ2v) is 7.60. The number of benzene rings is 1. The summed E-state index contributed by atoms with van der Waals surface area (Å²) in [5, 5.41) is -0.322. The third-order valence-electron chi connectivity index (χ3n) is 4.69. The number of rotatable bonds is 8. The van der Waals surface area contributed by atoms with Gasteiger partial charge in [0.2, 0.25) is 0 Å². The molecule has 1 aliphatic heterocycles. The van der Waals surface area contributed by atoms with Gasteiger partial charge in [0, 0.05) is 25.0 Å². The predicted octanol–water partition coefficient (Wildman–Crippen LogP) is 4.01. The van der Waals surface area contributed by atoms with Crippen LogP contribution in [0.3, 0.4) is 0 Å². The number of ether oxygens (including phenoxy) is 2. The summed E-state index contributed by atoms with van der Waals surface area (Å²) in [6, 6.07) is 7.59. The summed E-state index contributed by atoms with van der Waals surface area (Å²) in [5.41, 5.74) is 3.00. The van der Waals surface area contributed by atoms with Crippen LogP contribution >= 0.6 is 11.8 Å². The van der Waals surface area contributed by atoms with Crippen molar-refractivity contribution in [2.24, 2.45) is 0 Å². The van der Waals surface area contributed by atoms with E-state index in [1.165, 1.54) is 29.2 Å². The van der Waals surface area contributed by atoms with Crippen LogP contribution in [-0.4, -0.2) is 47.5 Å². The molecule has 2 amide bonds. The van der Waals surface area contributed by atoms with Gasteiger partial charge in [0.05, 0.1) is 18.1 Å². The normalized spacial score (nSPS) is 15.6. The molecule has 0 radical (unpaired) electrons. The average Bonchev–Trinajstić information content (AvgIpc) is 3.11. The lowest BCUT2D eigenvalue weighted by Crippen LogP contribution is -2.32. The number of halogens is 1. The highest BCUT2D eigenvalue weighted by Crippen LogP contribution is 2.33. The molecule has 1 aromatic heterocycles. The minimum Gasteiger partial charge on any atom is -0.492 e. The van der Waals surface area contributed by atoms with Gasteiger partial charge in [0.1, 0.15) is 18.2 Å². The van der Waals surface area contributed by atoms with Crippen molar-refractivity contribution in [2.75, 3.05) is 26.9 Å². The Balaban J connectivity index is 1.66. The van der Waals surface area contributed by atoms with Gasteiger partial charge in [0.25, 0.3) is 11.1 Å². The highest BCUT2D eigenvalue weighted by molar-refractivity contribution is 8.18. The molecule has 1 aliphatic rings. The number of aromatic nitrogens is 1. The Labute approximate surface area is 173 Å². The van der Waals surface area contributed by atoms with Crippen LogP contribution in [0.15, 0.2) is 35.2 Å². The predicted molar refractivity (Wildman–Crippen MR) is 110 cm³/mol. The Morgan fingerprint density at radius 3 is 2.52 bits per heavy atom. The Kier molecular flexibility index (Phi) is 6.76. The maximum absolute atomic E-state index is 12.9. The Hall–Kier alpha value is -2.58. The molecule has 6 nitrogen and oxygen atoms in total. The van der Waals surface area contributed by atoms with Gasteiger partial charge < -0.3 is 14.0 Å². The molecule has 2 heterocycles. The molecule has 0 unspecified atom stereocenters. The lowest BCUT2D eigenvalue weighted by atomic mass is 10.2. The molecule has 3 rings (SSSR count). The van der Waals surface area contributed by atoms with Crippen molar-refractivity contribution in [2.45, 2.75) is 20.4 Å². The lowest BCUT2D eigenvalue weighted by molar-refractivity contribution is -0.123. The second kappa shape index (κ2) is 9.28. The van der Waals surface area contributed by atoms with Crippen molar-refractivity contribution in [1.29, 1.82) is 0 Å². The molecule has 0 saturated carbocycles. The molecular formula is C21H23FN2O4S. The van der Waals surface area contributed by atoms with E-state index in [1.807, 2.05) is 19.9 Å². The molecule has 1 saturated heterocycles. The first-order valence-electron chi connectivity index (χ1n) is 9.20. The number of imide groups is 1. The summed E-state index contributed by atoms with van der Waals surface area (Å²) in [7, 11) is 1.66. The minimum absolute atomic E-state index is 0.131. The monoisotopic (exact) mass is 418 g/mol. The van der Waals surface area contributed by atoms with E-state index in [0.717, 1.165) is 35.3 Å². The fourth-order valence-electron chi connectivity index (χ4n) is 3.12. The number of methoxy groups -OCH3 is 1. The quantitative estimate of drug-likeness (QED) is 0.607. The van der Waals surface area contributed by atoms with Crippen molar-refractivity contribution < 1.29 is 23.5 Å². The standard InChI is InChI=1S/C21H23FN2O4S/c1-14-12-16(15(2)23(14)8-10-27-3)13-19-20(25)24(21(26)29-19)9-11-28-18-6-4-17(22)5-7-18/h4-7,12-13H,8-11H2,1-3H3/b19-13-. The molecule has 29 heavy (non-hydrogen) atoms. The van der Waals surface area contributed by atoms with Crippen LogP contribution in [0.4, 0.5) is 9.18 Å². The highest BCUT2D eigenvalue weighted by Gasteiger charge is 2.35. The first-order valence-corrected chi connectivity index (χ1v) is 10.0. The third-order valence-corrected chi connectivity index (χ3v) is 5.60. The maximum atomic E-state index is 12.9. The zero-order valence-electron chi connectivity index (χ0n) is 16.6. The van der Waals surface area contributed by atoms with E-state index >= 15 is 0 Å². The fourth-order valence-corrected chi connectivity index (χ4v) is 3.98. The summed E-state index contributed by atoms with van der Waals surface area (Å²) < 4.78 is 25.7. The molecule has 1 fully saturated rings. The van der Waals surface area contributed by atoms with Crippen LogP contribution < -0.4 is 4.74 Å². The Bertz CT molecular complexity index is 937. The van der Waals surface area contributed by atoms with Gasteiger partial charge in [-0.15, -0.1) is 0 Å². The molecule has 0 atom stereocenters. The zero-order valence-corrected chi connectivity index (χ0v) is 17.4. The van der Waals surface area contributed by atoms with Gasteiger partial charge in [-0.2, -0.15) is 0 Å². The average molecular weight is 418 g/mol. The second-order valence-electron chi connectivity index (χ2n) is 6.61. The van der Waals surface area contributed by atoms with Crippen LogP contribution in [0, 0.1) is 19.7 Å². The number of thioether (sulfide) groups is 1. The number of aryl methyl sites for hydroxylation is 1. The van der Waals surface area contributed by atoms with E-state index in [2.05, 4.69) is 4.57 Å². The number of hydrogen-bond acceptors (Lipinski definition) is 5. The van der Waals surface area contributed by atoms with Crippen molar-refractivity contribution in [3.63, 3.8) is 0 Å². The van der Waals surface area contributed by atoms with Gasteiger partial charge in [-0.05, 0) is 67.6 Å². The largest absolute Gasteiger partial charge is 0.492 e. The number of amides is 2. The summed E-state index contributed by atoms with van der Waals surface area (Å²) in [6.07, 6.45) is 1.76. The van der Waals surface area contributed by atoms with E-state index < -0.39 is 0 Å². The highest BCUT2D eigenvalue weighted by atomic mass is 32.2. The fraction of sp³-hybridized carbons (Fsp3) is 0.333. The summed E-state index contributed by atoms with van der Waals surface area (Å²) in [5.74, 6) is -0.197. The maximum Gasteiger partial charge on any atom is 0.293 e. The van der Waals surface area contributed by atoms with Crippen molar-refractivity contribution in [3.8, 4) is 5.75 Å². The van der Waals surface area contributed by atoms with Gasteiger partial charge in [0.15, 0.2) is 0 Å². The summed E-state index contributed by atoms with van der Waals surface area (Å²) in [4.78, 5) is 26.5. The third kappa shape index (κ3) is 4.89. The van der Waals surface area contributed by atoms with Gasteiger partial charge in [-0.3, -0.25) is 14.5 Å². The molecule has 2 aromatic rings. The Morgan fingerprint density at radius 1 is 1.10 bits per heavy atom. The van der Waals surface area contributed by atoms with Crippen LogP contribution in [0.2, 0.25) is 0 Å². The molecule has 0 N–H and O–H groups in total. The number of hydrogen-bond donors (Lipinski definition) is 0. The van der Waals surface area contributed by atoms with E-state index in [1.54, 1.807) is 13.2 Å². The van der Waals surface area contributed by atoms with E-state index in [9.17, 15) is 14.0 Å². The molecule has 0 aliphatic carbocycles. The minimum atomic E-state index is -0.352. The Morgan fingerprint density at radius 2 is 1.83 bits per heavy atom. The topological polar surface area (TPSA) is 60.8 Å². The van der Waals surface area contributed by atoms with Crippen LogP contribution in [0.5, 0.6) is 5.75 Å². The molecular weight excluding hydrogens is 395 g/mol. The molecule has 0 bridgehead atoms. The molecule has 154 valence electrons. The van der Waals surface area contributed by atoms with Crippen LogP contribution in [-0.2, 0) is 16.1 Å². The first-order chi connectivity index (χ1) is 13.9. The lowest BCUT2D eigenvalue weighted by Gasteiger charge is -2.13. The SMILES string of the molecule is COCCn1c(C)cc(/C=C2\SC(=O)N(CCOc3ccc(F)cc3)C2=O)c1C. The van der Waals surface area contributed by atoms with Crippen molar-refractivity contribution >= 4 is 29.0 Å². The zero-order chi connectivity index (χ0) is 21.0. The van der Waals surface area contributed by atoms with E-state index in [0.29, 0.717) is 17.3 Å². The van der Waals surface area contributed by atoms with Crippen molar-refractivity contribution in [3.05, 3.63) is 58.0 Å². The number of carbonyl (C=O) groups excluding carboxylic acids is 2. The number of carbonyl (C=O) groups is 2. The van der Waals surface area contributed by atoms with Gasteiger partial charge in [-0.1, -0.05) is 0 Å².